The molecule has 0 atom stereocenters. The van der Waals surface area contributed by atoms with Crippen LogP contribution in [0.1, 0.15) is 21.6 Å². The lowest BCUT2D eigenvalue weighted by Crippen LogP contribution is -2.48. The molecule has 2 aliphatic rings. The van der Waals surface area contributed by atoms with Gasteiger partial charge in [0.25, 0.3) is 5.91 Å². The number of aromatic amines is 1. The smallest absolute Gasteiger partial charge is 0.270 e. The summed E-state index contributed by atoms with van der Waals surface area (Å²) in [4.78, 5) is 19.8. The number of ether oxygens (including phenoxy) is 1. The van der Waals surface area contributed by atoms with Crippen molar-refractivity contribution in [3.8, 4) is 5.75 Å². The van der Waals surface area contributed by atoms with Gasteiger partial charge in [0.2, 0.25) is 0 Å². The van der Waals surface area contributed by atoms with E-state index in [1.165, 1.54) is 11.1 Å². The van der Waals surface area contributed by atoms with E-state index in [-0.39, 0.29) is 5.91 Å². The molecule has 2 aromatic rings. The molecule has 0 radical (unpaired) electrons. The maximum atomic E-state index is 12.4. The van der Waals surface area contributed by atoms with Gasteiger partial charge >= 0.3 is 0 Å². The lowest BCUT2D eigenvalue weighted by molar-refractivity contribution is 0.0623. The number of H-pyrrole nitrogens is 1. The molecule has 6 heteroatoms. The summed E-state index contributed by atoms with van der Waals surface area (Å²) in [6.07, 6.45) is 2.80. The van der Waals surface area contributed by atoms with Gasteiger partial charge < -0.3 is 14.6 Å². The number of amides is 1. The van der Waals surface area contributed by atoms with Crippen LogP contribution in [0.4, 0.5) is 0 Å². The molecule has 3 heterocycles. The molecule has 24 heavy (non-hydrogen) atoms. The molecule has 1 N–H and O–H groups in total. The summed E-state index contributed by atoms with van der Waals surface area (Å²) in [5.41, 5.74) is 3.29. The Balaban J connectivity index is 1.34. The summed E-state index contributed by atoms with van der Waals surface area (Å²) in [6, 6.07) is 8.33. The second-order valence-corrected chi connectivity index (χ2v) is 7.26. The van der Waals surface area contributed by atoms with E-state index in [1.807, 2.05) is 11.0 Å². The van der Waals surface area contributed by atoms with Crippen LogP contribution in [-0.4, -0.2) is 53.5 Å². The molecule has 0 bridgehead atoms. The van der Waals surface area contributed by atoms with Crippen molar-refractivity contribution in [3.05, 3.63) is 51.8 Å². The summed E-state index contributed by atoms with van der Waals surface area (Å²) in [7, 11) is 0. The molecule has 2 aliphatic heterocycles. The summed E-state index contributed by atoms with van der Waals surface area (Å²) in [5.74, 6) is 1.11. The van der Waals surface area contributed by atoms with E-state index in [4.69, 9.17) is 4.74 Å². The number of aromatic nitrogens is 1. The van der Waals surface area contributed by atoms with Crippen LogP contribution in [0.3, 0.4) is 0 Å². The monoisotopic (exact) mass is 389 g/mol. The van der Waals surface area contributed by atoms with Crippen LogP contribution in [0.25, 0.3) is 0 Å². The Hall–Kier alpha value is -1.79. The van der Waals surface area contributed by atoms with Crippen molar-refractivity contribution in [1.29, 1.82) is 0 Å². The largest absolute Gasteiger partial charge is 0.493 e. The van der Waals surface area contributed by atoms with Crippen molar-refractivity contribution in [3.63, 3.8) is 0 Å². The third-order valence-corrected chi connectivity index (χ3v) is 5.16. The zero-order valence-electron chi connectivity index (χ0n) is 13.4. The molecule has 0 unspecified atom stereocenters. The molecule has 1 amide bonds. The Labute approximate surface area is 149 Å². The van der Waals surface area contributed by atoms with Gasteiger partial charge in [-0.15, -0.1) is 0 Å². The molecule has 4 rings (SSSR count). The SMILES string of the molecule is O=C(c1cc(Br)c[nH]1)N1CCN(Cc2ccc3c(c2)CCO3)CC1. The number of fused-ring (bicyclic) bond motifs is 1. The summed E-state index contributed by atoms with van der Waals surface area (Å²) in [5, 5.41) is 0. The molecule has 0 spiro atoms. The fourth-order valence-electron chi connectivity index (χ4n) is 3.37. The molecular formula is C18H20BrN3O2. The van der Waals surface area contributed by atoms with E-state index in [0.29, 0.717) is 5.69 Å². The van der Waals surface area contributed by atoms with Gasteiger partial charge in [-0.1, -0.05) is 12.1 Å². The number of hydrogen-bond donors (Lipinski definition) is 1. The number of carbonyl (C=O) groups is 1. The van der Waals surface area contributed by atoms with E-state index in [2.05, 4.69) is 44.0 Å². The number of piperazine rings is 1. The third kappa shape index (κ3) is 3.21. The van der Waals surface area contributed by atoms with Crippen LogP contribution in [0.2, 0.25) is 0 Å². The van der Waals surface area contributed by atoms with E-state index < -0.39 is 0 Å². The van der Waals surface area contributed by atoms with Gasteiger partial charge in [0.1, 0.15) is 11.4 Å². The minimum absolute atomic E-state index is 0.0787. The molecule has 1 aromatic heterocycles. The third-order valence-electron chi connectivity index (χ3n) is 4.70. The Morgan fingerprint density at radius 1 is 1.21 bits per heavy atom. The highest BCUT2D eigenvalue weighted by molar-refractivity contribution is 9.10. The predicted molar refractivity (Wildman–Crippen MR) is 95.3 cm³/mol. The first-order chi connectivity index (χ1) is 11.7. The fraction of sp³-hybridized carbons (Fsp3) is 0.389. The standard InChI is InChI=1S/C18H20BrN3O2/c19-15-10-16(20-11-15)18(23)22-6-4-21(5-7-22)12-13-1-2-17-14(9-13)3-8-24-17/h1-2,9-11,20H,3-8,12H2. The van der Waals surface area contributed by atoms with E-state index >= 15 is 0 Å². The van der Waals surface area contributed by atoms with Gasteiger partial charge in [-0.3, -0.25) is 9.69 Å². The highest BCUT2D eigenvalue weighted by Gasteiger charge is 2.23. The first kappa shape index (κ1) is 15.7. The van der Waals surface area contributed by atoms with Gasteiger partial charge in [-0.05, 0) is 39.2 Å². The number of benzene rings is 1. The Kier molecular flexibility index (Phi) is 4.33. The predicted octanol–water partition coefficient (Wildman–Crippen LogP) is 2.67. The minimum atomic E-state index is 0.0787. The Morgan fingerprint density at radius 3 is 2.79 bits per heavy atom. The van der Waals surface area contributed by atoms with Crippen LogP contribution < -0.4 is 4.74 Å². The van der Waals surface area contributed by atoms with Gasteiger partial charge in [0.05, 0.1) is 6.61 Å². The Morgan fingerprint density at radius 2 is 2.04 bits per heavy atom. The fourth-order valence-corrected chi connectivity index (χ4v) is 3.71. The van der Waals surface area contributed by atoms with Gasteiger partial charge in [-0.25, -0.2) is 0 Å². The van der Waals surface area contributed by atoms with Crippen LogP contribution in [-0.2, 0) is 13.0 Å². The minimum Gasteiger partial charge on any atom is -0.493 e. The van der Waals surface area contributed by atoms with E-state index in [0.717, 1.165) is 56.0 Å². The number of nitrogens with zero attached hydrogens (tertiary/aromatic N) is 2. The normalized spacial score (nSPS) is 17.6. The van der Waals surface area contributed by atoms with Crippen LogP contribution in [0.5, 0.6) is 5.75 Å². The second-order valence-electron chi connectivity index (χ2n) is 6.34. The number of hydrogen-bond acceptors (Lipinski definition) is 3. The summed E-state index contributed by atoms with van der Waals surface area (Å²) >= 11 is 3.37. The molecule has 0 aliphatic carbocycles. The lowest BCUT2D eigenvalue weighted by atomic mass is 10.1. The van der Waals surface area contributed by atoms with Crippen molar-refractivity contribution in [1.82, 2.24) is 14.8 Å². The molecule has 1 aromatic carbocycles. The maximum absolute atomic E-state index is 12.4. The number of halogens is 1. The zero-order valence-corrected chi connectivity index (χ0v) is 15.0. The van der Waals surface area contributed by atoms with Gasteiger partial charge in [-0.2, -0.15) is 0 Å². The van der Waals surface area contributed by atoms with E-state index in [9.17, 15) is 4.79 Å². The molecule has 126 valence electrons. The average Bonchev–Trinajstić information content (AvgIpc) is 3.23. The molecule has 1 fully saturated rings. The molecule has 5 nitrogen and oxygen atoms in total. The number of carbonyl (C=O) groups excluding carboxylic acids is 1. The van der Waals surface area contributed by atoms with Crippen molar-refractivity contribution >= 4 is 21.8 Å². The van der Waals surface area contributed by atoms with Crippen molar-refractivity contribution in [2.45, 2.75) is 13.0 Å². The van der Waals surface area contributed by atoms with Crippen LogP contribution >= 0.6 is 15.9 Å². The molecule has 1 saturated heterocycles. The zero-order chi connectivity index (χ0) is 16.5. The lowest BCUT2D eigenvalue weighted by Gasteiger charge is -2.34. The topological polar surface area (TPSA) is 48.6 Å². The Bertz CT molecular complexity index is 750. The maximum Gasteiger partial charge on any atom is 0.270 e. The summed E-state index contributed by atoms with van der Waals surface area (Å²) < 4.78 is 6.47. The highest BCUT2D eigenvalue weighted by atomic mass is 79.9. The van der Waals surface area contributed by atoms with Crippen LogP contribution in [0.15, 0.2) is 34.9 Å². The van der Waals surface area contributed by atoms with Gasteiger partial charge in [0.15, 0.2) is 0 Å². The average molecular weight is 390 g/mol. The van der Waals surface area contributed by atoms with Crippen LogP contribution in [0, 0.1) is 0 Å². The van der Waals surface area contributed by atoms with Crippen molar-refractivity contribution < 1.29 is 9.53 Å². The van der Waals surface area contributed by atoms with E-state index in [1.54, 1.807) is 6.20 Å². The van der Waals surface area contributed by atoms with Crippen molar-refractivity contribution in [2.75, 3.05) is 32.8 Å². The quantitative estimate of drug-likeness (QED) is 0.877. The highest BCUT2D eigenvalue weighted by Crippen LogP contribution is 2.26. The first-order valence-electron chi connectivity index (χ1n) is 8.29. The molecule has 0 saturated carbocycles. The second kappa shape index (κ2) is 6.61. The van der Waals surface area contributed by atoms with Crippen molar-refractivity contribution in [2.24, 2.45) is 0 Å². The number of nitrogens with one attached hydrogen (secondary N) is 1. The van der Waals surface area contributed by atoms with Gasteiger partial charge in [0, 0.05) is 49.8 Å². The summed E-state index contributed by atoms with van der Waals surface area (Å²) in [6.45, 7) is 5.08. The number of rotatable bonds is 3. The first-order valence-corrected chi connectivity index (χ1v) is 9.08. The molecular weight excluding hydrogens is 370 g/mol.